The van der Waals surface area contributed by atoms with Gasteiger partial charge in [0.15, 0.2) is 23.0 Å². The minimum absolute atomic E-state index is 1.02. The van der Waals surface area contributed by atoms with Gasteiger partial charge < -0.3 is 3.07 Å². The smallest absolute Gasteiger partial charge is 0.192 e. The van der Waals surface area contributed by atoms with E-state index in [4.69, 9.17) is 3.07 Å². The Morgan fingerprint density at radius 3 is 2.00 bits per heavy atom. The zero-order valence-corrected chi connectivity index (χ0v) is 17.8. The number of benzene rings is 2. The summed E-state index contributed by atoms with van der Waals surface area (Å²) in [6, 6.07) is 8.80. The first-order valence-electron chi connectivity index (χ1n) is 7.88. The molecule has 0 atom stereocenters. The molecule has 1 nitrogen and oxygen atoms in total. The van der Waals surface area contributed by atoms with Crippen LogP contribution in [0.4, 0.5) is 0 Å². The molecule has 2 aromatic carbocycles. The molecule has 2 aromatic rings. The van der Waals surface area contributed by atoms with Gasteiger partial charge in [0.1, 0.15) is 5.76 Å². The lowest BCUT2D eigenvalue weighted by Gasteiger charge is -2.26. The van der Waals surface area contributed by atoms with E-state index in [1.165, 1.54) is 40.3 Å². The third-order valence-corrected chi connectivity index (χ3v) is 5.27. The van der Waals surface area contributed by atoms with E-state index in [0.29, 0.717) is 0 Å². The zero-order valence-electron chi connectivity index (χ0n) is 13.5. The number of hydrogen-bond donors (Lipinski definition) is 0. The molecular weight excluding hydrogens is 510 g/mol. The number of halogens is 2. The minimum atomic E-state index is 1.02. The van der Waals surface area contributed by atoms with Crippen molar-refractivity contribution in [3.05, 3.63) is 57.9 Å². The fraction of sp³-hybridized carbons (Fsp3) is 0.300. The summed E-state index contributed by atoms with van der Waals surface area (Å²) in [6.07, 6.45) is 9.14. The summed E-state index contributed by atoms with van der Waals surface area (Å²) in [6.45, 7) is 2.25. The molecule has 4 rings (SSSR count). The van der Waals surface area contributed by atoms with Gasteiger partial charge in [-0.3, -0.25) is 0 Å². The number of hydrogen-bond acceptors (Lipinski definition) is 1. The first-order valence-corrected chi connectivity index (χ1v) is 10.9. The normalized spacial score (nSPS) is 15.7. The van der Waals surface area contributed by atoms with E-state index in [0.717, 1.165) is 18.6 Å². The Morgan fingerprint density at radius 2 is 1.39 bits per heavy atom. The molecular formula is C20H20I2O. The van der Waals surface area contributed by atoms with E-state index in [-0.39, 0.29) is 0 Å². The van der Waals surface area contributed by atoms with Gasteiger partial charge in [0, 0.05) is 6.42 Å². The number of rotatable bonds is 1. The first kappa shape index (κ1) is 17.3. The molecule has 0 fully saturated rings. The lowest BCUT2D eigenvalue weighted by molar-refractivity contribution is 0.526. The van der Waals surface area contributed by atoms with E-state index in [1.54, 1.807) is 11.1 Å². The molecule has 0 heterocycles. The molecule has 0 radical (unpaired) electrons. The van der Waals surface area contributed by atoms with Crippen LogP contribution >= 0.6 is 45.6 Å². The summed E-state index contributed by atoms with van der Waals surface area (Å²) >= 11 is 4.15. The Labute approximate surface area is 166 Å². The van der Waals surface area contributed by atoms with Gasteiger partial charge in [0.05, 0.1) is 0 Å². The Bertz CT molecular complexity index is 803. The van der Waals surface area contributed by atoms with Crippen LogP contribution in [-0.2, 0) is 15.9 Å². The summed E-state index contributed by atoms with van der Waals surface area (Å²) in [5, 5.41) is 2.75. The van der Waals surface area contributed by atoms with Gasteiger partial charge in [-0.05, 0) is 70.2 Å². The highest BCUT2D eigenvalue weighted by atomic mass is 127. The van der Waals surface area contributed by atoms with Crippen LogP contribution in [0.2, 0.25) is 0 Å². The Hall–Kier alpha value is -0.560. The fourth-order valence-electron chi connectivity index (χ4n) is 3.69. The average molecular weight is 530 g/mol. The second-order valence-corrected chi connectivity index (χ2v) is 6.45. The predicted molar refractivity (Wildman–Crippen MR) is 117 cm³/mol. The standard InChI is InChI=1S/C19H17IO.CH3I/c1-12-6-8-16-17-9-7-13(21-20)11-19(17)15-5-3-2-4-14(15)18(16)10-12;1-2/h2-5,10-11H,6-9H2,1H3;1H3. The Morgan fingerprint density at radius 1 is 0.826 bits per heavy atom. The van der Waals surface area contributed by atoms with Gasteiger partial charge in [0.2, 0.25) is 0 Å². The molecule has 0 aromatic heterocycles. The maximum atomic E-state index is 5.48. The molecule has 0 saturated carbocycles. The third kappa shape index (κ3) is 3.18. The van der Waals surface area contributed by atoms with Crippen molar-refractivity contribution in [2.24, 2.45) is 0 Å². The van der Waals surface area contributed by atoms with Crippen molar-refractivity contribution in [3.8, 4) is 0 Å². The molecule has 2 aliphatic carbocycles. The molecule has 0 amide bonds. The second-order valence-electron chi connectivity index (χ2n) is 6.01. The molecule has 0 spiro atoms. The average Bonchev–Trinajstić information content (AvgIpc) is 2.63. The van der Waals surface area contributed by atoms with Crippen LogP contribution in [0.1, 0.15) is 42.0 Å². The quantitative estimate of drug-likeness (QED) is 0.288. The third-order valence-electron chi connectivity index (χ3n) is 4.71. The highest BCUT2D eigenvalue weighted by Crippen LogP contribution is 2.40. The van der Waals surface area contributed by atoms with E-state index in [9.17, 15) is 0 Å². The predicted octanol–water partition coefficient (Wildman–Crippen LogP) is 6.89. The van der Waals surface area contributed by atoms with E-state index >= 15 is 0 Å². The van der Waals surface area contributed by atoms with E-state index in [1.807, 2.05) is 27.9 Å². The van der Waals surface area contributed by atoms with Crippen LogP contribution in [0.3, 0.4) is 0 Å². The van der Waals surface area contributed by atoms with Gasteiger partial charge in [0.25, 0.3) is 0 Å². The monoisotopic (exact) mass is 530 g/mol. The summed E-state index contributed by atoms with van der Waals surface area (Å²) in [7, 11) is 0. The van der Waals surface area contributed by atoms with Crippen molar-refractivity contribution < 1.29 is 3.07 Å². The van der Waals surface area contributed by atoms with Gasteiger partial charge in [-0.25, -0.2) is 0 Å². The van der Waals surface area contributed by atoms with Crippen molar-refractivity contribution in [1.29, 1.82) is 0 Å². The van der Waals surface area contributed by atoms with Crippen LogP contribution in [0.15, 0.2) is 35.6 Å². The largest absolute Gasteiger partial charge is 0.432 e. The summed E-state index contributed by atoms with van der Waals surface area (Å²) in [4.78, 5) is 1.97. The SMILES string of the molecule is CC1=Cc2c(c3c(c4ccccc24)C=C(OI)CC3)CC1.CI. The van der Waals surface area contributed by atoms with Crippen molar-refractivity contribution >= 4 is 68.5 Å². The molecule has 0 bridgehead atoms. The lowest BCUT2D eigenvalue weighted by Crippen LogP contribution is -2.09. The fourth-order valence-corrected chi connectivity index (χ4v) is 4.03. The van der Waals surface area contributed by atoms with Crippen LogP contribution in [-0.4, -0.2) is 4.93 Å². The summed E-state index contributed by atoms with van der Waals surface area (Å²) < 4.78 is 5.48. The van der Waals surface area contributed by atoms with Crippen molar-refractivity contribution in [1.82, 2.24) is 0 Å². The van der Waals surface area contributed by atoms with Crippen LogP contribution < -0.4 is 0 Å². The van der Waals surface area contributed by atoms with Crippen molar-refractivity contribution in [2.45, 2.75) is 32.6 Å². The highest BCUT2D eigenvalue weighted by molar-refractivity contribution is 14.1. The molecule has 2 aliphatic rings. The number of allylic oxidation sites excluding steroid dienone is 2. The molecule has 0 aliphatic heterocycles. The molecule has 120 valence electrons. The second kappa shape index (κ2) is 7.55. The first-order chi connectivity index (χ1) is 11.3. The van der Waals surface area contributed by atoms with Gasteiger partial charge in [-0.1, -0.05) is 58.5 Å². The van der Waals surface area contributed by atoms with Gasteiger partial charge in [-0.2, -0.15) is 0 Å². The zero-order chi connectivity index (χ0) is 16.4. The van der Waals surface area contributed by atoms with Crippen LogP contribution in [0, 0.1) is 0 Å². The van der Waals surface area contributed by atoms with Crippen LogP contribution in [0.25, 0.3) is 22.9 Å². The van der Waals surface area contributed by atoms with E-state index in [2.05, 4.69) is 65.9 Å². The summed E-state index contributed by atoms with van der Waals surface area (Å²) in [5.41, 5.74) is 7.45. The topological polar surface area (TPSA) is 9.23 Å². The van der Waals surface area contributed by atoms with Gasteiger partial charge >= 0.3 is 0 Å². The highest BCUT2D eigenvalue weighted by Gasteiger charge is 2.22. The van der Waals surface area contributed by atoms with Crippen LogP contribution in [0.5, 0.6) is 0 Å². The molecule has 0 unspecified atom stereocenters. The lowest BCUT2D eigenvalue weighted by atomic mass is 9.79. The van der Waals surface area contributed by atoms with Crippen molar-refractivity contribution in [3.63, 3.8) is 0 Å². The minimum Gasteiger partial charge on any atom is -0.432 e. The number of alkyl halides is 1. The molecule has 3 heteroatoms. The van der Waals surface area contributed by atoms with E-state index < -0.39 is 0 Å². The maximum Gasteiger partial charge on any atom is 0.192 e. The Balaban J connectivity index is 0.000000753. The number of fused-ring (bicyclic) bond motifs is 6. The summed E-state index contributed by atoms with van der Waals surface area (Å²) in [5.74, 6) is 1.09. The molecule has 0 N–H and O–H groups in total. The molecule has 0 saturated heterocycles. The molecule has 23 heavy (non-hydrogen) atoms. The Kier molecular flexibility index (Phi) is 5.67. The maximum absolute atomic E-state index is 5.48. The van der Waals surface area contributed by atoms with Gasteiger partial charge in [-0.15, -0.1) is 0 Å². The van der Waals surface area contributed by atoms with Crippen molar-refractivity contribution in [2.75, 3.05) is 4.93 Å².